The molecule has 4 rings (SSSR count). The molecule has 0 spiro atoms. The Morgan fingerprint density at radius 2 is 2.03 bits per heavy atom. The van der Waals surface area contributed by atoms with Gasteiger partial charge in [-0.25, -0.2) is 4.98 Å². The first-order chi connectivity index (χ1) is 14.7. The molecule has 2 aromatic heterocycles. The van der Waals surface area contributed by atoms with Crippen molar-refractivity contribution in [1.29, 1.82) is 0 Å². The Morgan fingerprint density at radius 3 is 2.73 bits per heavy atom. The number of fused-ring (bicyclic) bond motifs is 1. The number of methoxy groups -OCH3 is 2. The molecule has 1 saturated heterocycles. The lowest BCUT2D eigenvalue weighted by atomic mass is 10.1. The first-order valence-electron chi connectivity index (χ1n) is 10.3. The van der Waals surface area contributed by atoms with E-state index in [1.165, 1.54) is 0 Å². The minimum Gasteiger partial charge on any atom is -0.493 e. The molecule has 0 atom stereocenters. The molecule has 1 N–H and O–H groups in total. The first-order valence-corrected chi connectivity index (χ1v) is 11.2. The number of nitrogens with one attached hydrogen (secondary N) is 1. The Labute approximate surface area is 180 Å². The van der Waals surface area contributed by atoms with E-state index in [4.69, 9.17) is 14.5 Å². The monoisotopic (exact) mass is 425 g/mol. The zero-order chi connectivity index (χ0) is 20.9. The van der Waals surface area contributed by atoms with E-state index in [0.29, 0.717) is 17.9 Å². The van der Waals surface area contributed by atoms with Crippen LogP contribution in [0.4, 0.5) is 0 Å². The van der Waals surface area contributed by atoms with Crippen molar-refractivity contribution in [2.75, 3.05) is 33.9 Å². The van der Waals surface area contributed by atoms with Gasteiger partial charge in [0.25, 0.3) is 0 Å². The SMILES string of the molecule is COc1cc2cc(CNCCCN3CCCC3=O)c(-c3cccs3)nc2cc1OC. The fourth-order valence-corrected chi connectivity index (χ4v) is 4.61. The van der Waals surface area contributed by atoms with E-state index >= 15 is 0 Å². The molecule has 6 nitrogen and oxygen atoms in total. The van der Waals surface area contributed by atoms with Crippen LogP contribution in [0.3, 0.4) is 0 Å². The summed E-state index contributed by atoms with van der Waals surface area (Å²) in [5.74, 6) is 1.67. The summed E-state index contributed by atoms with van der Waals surface area (Å²) >= 11 is 1.69. The van der Waals surface area contributed by atoms with E-state index in [0.717, 1.165) is 66.1 Å². The van der Waals surface area contributed by atoms with Gasteiger partial charge in [0.05, 0.1) is 30.3 Å². The second kappa shape index (κ2) is 9.45. The largest absolute Gasteiger partial charge is 0.493 e. The molecule has 0 bridgehead atoms. The highest BCUT2D eigenvalue weighted by Crippen LogP contribution is 2.35. The molecule has 3 aromatic rings. The fraction of sp³-hybridized carbons (Fsp3) is 0.391. The van der Waals surface area contributed by atoms with Crippen LogP contribution >= 0.6 is 11.3 Å². The second-order valence-electron chi connectivity index (χ2n) is 7.39. The van der Waals surface area contributed by atoms with Crippen LogP contribution < -0.4 is 14.8 Å². The lowest BCUT2D eigenvalue weighted by Gasteiger charge is -2.16. The minimum atomic E-state index is 0.290. The average molecular weight is 426 g/mol. The normalized spacial score (nSPS) is 13.9. The van der Waals surface area contributed by atoms with Gasteiger partial charge in [-0.3, -0.25) is 4.79 Å². The average Bonchev–Trinajstić information content (AvgIpc) is 3.44. The molecule has 0 saturated carbocycles. The number of likely N-dealkylation sites (tertiary alicyclic amines) is 1. The van der Waals surface area contributed by atoms with Crippen molar-refractivity contribution in [2.24, 2.45) is 0 Å². The standard InChI is InChI=1S/C23H27N3O3S/c1-28-19-13-16-12-17(15-24-8-5-10-26-9-3-7-22(26)27)23(21-6-4-11-30-21)25-18(16)14-20(19)29-2/h4,6,11-14,24H,3,5,7-10,15H2,1-2H3. The number of benzene rings is 1. The van der Waals surface area contributed by atoms with E-state index in [1.54, 1.807) is 25.6 Å². The molecule has 1 fully saturated rings. The number of carbonyl (C=O) groups is 1. The molecule has 1 amide bonds. The van der Waals surface area contributed by atoms with Crippen LogP contribution in [0.2, 0.25) is 0 Å². The van der Waals surface area contributed by atoms with Crippen molar-refractivity contribution in [3.63, 3.8) is 0 Å². The number of aromatic nitrogens is 1. The number of hydrogen-bond acceptors (Lipinski definition) is 6. The fourth-order valence-electron chi connectivity index (χ4n) is 3.86. The number of nitrogens with zero attached hydrogens (tertiary/aromatic N) is 2. The summed E-state index contributed by atoms with van der Waals surface area (Å²) in [6.07, 6.45) is 2.65. The van der Waals surface area contributed by atoms with Crippen LogP contribution in [-0.4, -0.2) is 49.6 Å². The van der Waals surface area contributed by atoms with E-state index < -0.39 is 0 Å². The third kappa shape index (κ3) is 4.42. The van der Waals surface area contributed by atoms with Gasteiger partial charge < -0.3 is 19.7 Å². The molecular weight excluding hydrogens is 398 g/mol. The molecule has 0 aliphatic carbocycles. The first kappa shape index (κ1) is 20.6. The number of thiophene rings is 1. The molecule has 30 heavy (non-hydrogen) atoms. The van der Waals surface area contributed by atoms with Gasteiger partial charge in [-0.2, -0.15) is 0 Å². The van der Waals surface area contributed by atoms with Crippen LogP contribution in [0.15, 0.2) is 35.7 Å². The number of rotatable bonds is 9. The third-order valence-corrected chi connectivity index (χ3v) is 6.30. The number of ether oxygens (including phenoxy) is 2. The van der Waals surface area contributed by atoms with Crippen LogP contribution in [0, 0.1) is 0 Å². The maximum atomic E-state index is 11.7. The smallest absolute Gasteiger partial charge is 0.222 e. The highest BCUT2D eigenvalue weighted by molar-refractivity contribution is 7.13. The van der Waals surface area contributed by atoms with Crippen molar-refractivity contribution in [3.05, 3.63) is 41.3 Å². The maximum Gasteiger partial charge on any atom is 0.222 e. The van der Waals surface area contributed by atoms with Crippen LogP contribution in [0.25, 0.3) is 21.5 Å². The molecule has 0 unspecified atom stereocenters. The van der Waals surface area contributed by atoms with Crippen LogP contribution in [0.1, 0.15) is 24.8 Å². The number of hydrogen-bond donors (Lipinski definition) is 1. The lowest BCUT2D eigenvalue weighted by Crippen LogP contribution is -2.28. The van der Waals surface area contributed by atoms with Gasteiger partial charge >= 0.3 is 0 Å². The van der Waals surface area contributed by atoms with Crippen LogP contribution in [-0.2, 0) is 11.3 Å². The second-order valence-corrected chi connectivity index (χ2v) is 8.34. The summed E-state index contributed by atoms with van der Waals surface area (Å²) in [4.78, 5) is 19.8. The highest BCUT2D eigenvalue weighted by atomic mass is 32.1. The predicted octanol–water partition coefficient (Wildman–Crippen LogP) is 4.08. The summed E-state index contributed by atoms with van der Waals surface area (Å²) in [7, 11) is 3.28. The van der Waals surface area contributed by atoms with Gasteiger partial charge in [-0.15, -0.1) is 11.3 Å². The highest BCUT2D eigenvalue weighted by Gasteiger charge is 2.19. The van der Waals surface area contributed by atoms with E-state index in [2.05, 4.69) is 22.8 Å². The molecule has 158 valence electrons. The zero-order valence-corrected chi connectivity index (χ0v) is 18.3. The van der Waals surface area contributed by atoms with Crippen molar-refractivity contribution in [1.82, 2.24) is 15.2 Å². The third-order valence-electron chi connectivity index (χ3n) is 5.42. The Kier molecular flexibility index (Phi) is 6.50. The molecule has 3 heterocycles. The summed E-state index contributed by atoms with van der Waals surface area (Å²) in [6, 6.07) is 10.2. The molecule has 1 aliphatic rings. The predicted molar refractivity (Wildman–Crippen MR) is 120 cm³/mol. The number of amides is 1. The van der Waals surface area contributed by atoms with Crippen molar-refractivity contribution >= 4 is 28.1 Å². The molecule has 7 heteroatoms. The molecule has 1 aliphatic heterocycles. The van der Waals surface area contributed by atoms with Crippen molar-refractivity contribution in [3.8, 4) is 22.1 Å². The maximum absolute atomic E-state index is 11.7. The molecule has 0 radical (unpaired) electrons. The molecular formula is C23H27N3O3S. The number of carbonyl (C=O) groups excluding carboxylic acids is 1. The van der Waals surface area contributed by atoms with Gasteiger partial charge in [0.1, 0.15) is 0 Å². The summed E-state index contributed by atoms with van der Waals surface area (Å²) in [5.41, 5.74) is 3.02. The topological polar surface area (TPSA) is 63.7 Å². The summed E-state index contributed by atoms with van der Waals surface area (Å²) < 4.78 is 10.9. The Morgan fingerprint density at radius 1 is 1.20 bits per heavy atom. The van der Waals surface area contributed by atoms with Gasteiger partial charge in [-0.1, -0.05) is 6.07 Å². The van der Waals surface area contributed by atoms with Crippen molar-refractivity contribution < 1.29 is 14.3 Å². The quantitative estimate of drug-likeness (QED) is 0.524. The van der Waals surface area contributed by atoms with Gasteiger partial charge in [0.2, 0.25) is 5.91 Å². The van der Waals surface area contributed by atoms with Gasteiger partial charge in [-0.05, 0) is 48.5 Å². The van der Waals surface area contributed by atoms with E-state index in [9.17, 15) is 4.79 Å². The van der Waals surface area contributed by atoms with E-state index in [-0.39, 0.29) is 5.91 Å². The zero-order valence-electron chi connectivity index (χ0n) is 17.4. The lowest BCUT2D eigenvalue weighted by molar-refractivity contribution is -0.127. The Bertz CT molecular complexity index is 1020. The minimum absolute atomic E-state index is 0.290. The van der Waals surface area contributed by atoms with E-state index in [1.807, 2.05) is 23.1 Å². The van der Waals surface area contributed by atoms with Gasteiger partial charge in [0.15, 0.2) is 11.5 Å². The summed E-state index contributed by atoms with van der Waals surface area (Å²) in [6.45, 7) is 3.31. The Hall–Kier alpha value is -2.64. The summed E-state index contributed by atoms with van der Waals surface area (Å²) in [5, 5.41) is 6.62. The number of pyridine rings is 1. The van der Waals surface area contributed by atoms with Crippen LogP contribution in [0.5, 0.6) is 11.5 Å². The molecule has 1 aromatic carbocycles. The van der Waals surface area contributed by atoms with Crippen molar-refractivity contribution in [2.45, 2.75) is 25.8 Å². The Balaban J connectivity index is 1.52. The van der Waals surface area contributed by atoms with Gasteiger partial charge in [0, 0.05) is 37.5 Å².